The molecular weight excluding hydrogens is 434 g/mol. The van der Waals surface area contributed by atoms with E-state index in [9.17, 15) is 5.11 Å². The van der Waals surface area contributed by atoms with Gasteiger partial charge in [0.05, 0.1) is 19.0 Å². The Morgan fingerprint density at radius 2 is 1.85 bits per heavy atom. The first kappa shape index (κ1) is 23.4. The molecule has 3 N–H and O–H groups in total. The zero-order chi connectivity index (χ0) is 24.1. The highest BCUT2D eigenvalue weighted by atomic mass is 16.5. The topological polar surface area (TPSA) is 119 Å². The second kappa shape index (κ2) is 10.4. The van der Waals surface area contributed by atoms with Gasteiger partial charge in [-0.2, -0.15) is 9.61 Å². The summed E-state index contributed by atoms with van der Waals surface area (Å²) >= 11 is 0. The minimum atomic E-state index is -0.629. The summed E-state index contributed by atoms with van der Waals surface area (Å²) in [6, 6.07) is 9.19. The highest BCUT2D eigenvalue weighted by Gasteiger charge is 2.17. The molecule has 1 aromatic carbocycles. The first-order valence-corrected chi connectivity index (χ1v) is 11.1. The third kappa shape index (κ3) is 5.24. The molecule has 0 amide bonds. The fourth-order valence-electron chi connectivity index (χ4n) is 3.51. The number of likely N-dealkylation sites (N-methyl/N-ethyl adjacent to an activating group) is 1. The van der Waals surface area contributed by atoms with E-state index in [-0.39, 0.29) is 12.5 Å². The van der Waals surface area contributed by atoms with E-state index in [0.717, 1.165) is 16.8 Å². The molecule has 0 aliphatic carbocycles. The van der Waals surface area contributed by atoms with Crippen LogP contribution in [0.5, 0.6) is 11.5 Å². The summed E-state index contributed by atoms with van der Waals surface area (Å²) in [6.07, 6.45) is 4.55. The molecule has 0 saturated heterocycles. The minimum Gasteiger partial charge on any atom is -0.497 e. The van der Waals surface area contributed by atoms with E-state index >= 15 is 0 Å². The Kier molecular flexibility index (Phi) is 7.19. The number of ether oxygens (including phenoxy) is 2. The molecule has 10 nitrogen and oxygen atoms in total. The summed E-state index contributed by atoms with van der Waals surface area (Å²) in [4.78, 5) is 13.5. The van der Waals surface area contributed by atoms with Crippen LogP contribution in [0.1, 0.15) is 25.3 Å². The summed E-state index contributed by atoms with van der Waals surface area (Å²) in [5.41, 5.74) is 3.26. The van der Waals surface area contributed by atoms with Crippen LogP contribution in [0.4, 0.5) is 11.8 Å². The molecule has 0 bridgehead atoms. The van der Waals surface area contributed by atoms with Crippen molar-refractivity contribution in [2.75, 3.05) is 32.6 Å². The van der Waals surface area contributed by atoms with Gasteiger partial charge in [-0.3, -0.25) is 0 Å². The fraction of sp³-hybridized carbons (Fsp3) is 0.333. The van der Waals surface area contributed by atoms with E-state index in [1.165, 1.54) is 0 Å². The molecule has 0 fully saturated rings. The van der Waals surface area contributed by atoms with Crippen LogP contribution in [-0.2, 0) is 0 Å². The van der Waals surface area contributed by atoms with Crippen molar-refractivity contribution in [3.05, 3.63) is 54.5 Å². The lowest BCUT2D eigenvalue weighted by molar-refractivity contribution is 0.108. The minimum absolute atomic E-state index is 0.151. The molecule has 0 aliphatic heterocycles. The van der Waals surface area contributed by atoms with Crippen LogP contribution >= 0.6 is 0 Å². The van der Waals surface area contributed by atoms with Gasteiger partial charge < -0.3 is 25.2 Å². The first-order chi connectivity index (χ1) is 16.5. The van der Waals surface area contributed by atoms with Gasteiger partial charge >= 0.3 is 0 Å². The maximum atomic E-state index is 10.0. The number of hydrogen-bond acceptors (Lipinski definition) is 9. The molecule has 0 aliphatic rings. The largest absolute Gasteiger partial charge is 0.497 e. The lowest BCUT2D eigenvalue weighted by atomic mass is 10.1. The summed E-state index contributed by atoms with van der Waals surface area (Å²) < 4.78 is 13.1. The van der Waals surface area contributed by atoms with E-state index in [4.69, 9.17) is 14.5 Å². The van der Waals surface area contributed by atoms with E-state index in [0.29, 0.717) is 35.5 Å². The molecule has 3 heterocycles. The van der Waals surface area contributed by atoms with Gasteiger partial charge in [-0.15, -0.1) is 0 Å². The number of rotatable bonds is 10. The Labute approximate surface area is 198 Å². The Bertz CT molecular complexity index is 1240. The molecule has 34 heavy (non-hydrogen) atoms. The molecule has 1 unspecified atom stereocenters. The van der Waals surface area contributed by atoms with Crippen molar-refractivity contribution in [2.24, 2.45) is 0 Å². The fourth-order valence-corrected chi connectivity index (χ4v) is 3.51. The van der Waals surface area contributed by atoms with E-state index < -0.39 is 6.10 Å². The van der Waals surface area contributed by atoms with Crippen molar-refractivity contribution in [3.63, 3.8) is 0 Å². The highest BCUT2D eigenvalue weighted by molar-refractivity contribution is 5.71. The molecule has 0 saturated carbocycles. The molecule has 178 valence electrons. The number of anilines is 2. The third-order valence-electron chi connectivity index (χ3n) is 5.22. The summed E-state index contributed by atoms with van der Waals surface area (Å²) in [5.74, 6) is 2.56. The van der Waals surface area contributed by atoms with Crippen LogP contribution in [0.25, 0.3) is 16.9 Å². The van der Waals surface area contributed by atoms with Gasteiger partial charge in [-0.05, 0) is 31.2 Å². The van der Waals surface area contributed by atoms with E-state index in [1.807, 2.05) is 24.4 Å². The Morgan fingerprint density at radius 3 is 2.56 bits per heavy atom. The third-order valence-corrected chi connectivity index (χ3v) is 5.22. The zero-order valence-corrected chi connectivity index (χ0v) is 19.7. The molecule has 0 radical (unpaired) electrons. The van der Waals surface area contributed by atoms with Gasteiger partial charge in [0.2, 0.25) is 5.95 Å². The normalized spacial score (nSPS) is 12.2. The van der Waals surface area contributed by atoms with Crippen LogP contribution in [0.3, 0.4) is 0 Å². The number of fused-ring (bicyclic) bond motifs is 1. The first-order valence-electron chi connectivity index (χ1n) is 11.1. The predicted octanol–water partition coefficient (Wildman–Crippen LogP) is 3.02. The van der Waals surface area contributed by atoms with Crippen molar-refractivity contribution >= 4 is 17.4 Å². The van der Waals surface area contributed by atoms with Crippen molar-refractivity contribution in [2.45, 2.75) is 25.9 Å². The molecule has 4 aromatic rings. The number of aliphatic hydroxyl groups excluding tert-OH is 1. The number of nitrogens with zero attached hydrogens (tertiary/aromatic N) is 5. The number of hydrogen-bond donors (Lipinski definition) is 3. The summed E-state index contributed by atoms with van der Waals surface area (Å²) in [6.45, 7) is 4.79. The monoisotopic (exact) mass is 463 g/mol. The van der Waals surface area contributed by atoms with Gasteiger partial charge in [0, 0.05) is 42.2 Å². The van der Waals surface area contributed by atoms with Crippen molar-refractivity contribution in [1.82, 2.24) is 29.9 Å². The van der Waals surface area contributed by atoms with Crippen LogP contribution in [0.2, 0.25) is 0 Å². The molecule has 3 aromatic heterocycles. The van der Waals surface area contributed by atoms with E-state index in [2.05, 4.69) is 39.5 Å². The van der Waals surface area contributed by atoms with E-state index in [1.54, 1.807) is 43.2 Å². The predicted molar refractivity (Wildman–Crippen MR) is 130 cm³/mol. The van der Waals surface area contributed by atoms with Gasteiger partial charge in [-0.25, -0.2) is 15.0 Å². The zero-order valence-electron chi connectivity index (χ0n) is 19.7. The molecule has 4 rings (SSSR count). The lowest BCUT2D eigenvalue weighted by Crippen LogP contribution is -2.29. The van der Waals surface area contributed by atoms with Gasteiger partial charge in [0.25, 0.3) is 0 Å². The van der Waals surface area contributed by atoms with Crippen molar-refractivity contribution in [1.29, 1.82) is 0 Å². The van der Waals surface area contributed by atoms with Gasteiger partial charge in [0.1, 0.15) is 30.0 Å². The molecule has 0 spiro atoms. The Hall–Kier alpha value is -3.76. The standard InChI is InChI=1S/C24H29N7O3/c1-15(2)20-13-28-31-22(30-24-26-6-5-7-27-24)11-21(29-23(20)31)16-8-18(33-4)10-19(9-16)34-14-17(32)12-25-3/h5-11,13,15,17,25,32H,12,14H2,1-4H3,(H,26,27,30). The molecular formula is C24H29N7O3. The number of nitrogens with one attached hydrogen (secondary N) is 2. The van der Waals surface area contributed by atoms with Crippen LogP contribution in [0.15, 0.2) is 48.9 Å². The maximum Gasteiger partial charge on any atom is 0.228 e. The number of methoxy groups -OCH3 is 1. The quantitative estimate of drug-likeness (QED) is 0.326. The Morgan fingerprint density at radius 1 is 1.09 bits per heavy atom. The number of aliphatic hydroxyl groups is 1. The second-order valence-electron chi connectivity index (χ2n) is 8.13. The number of benzene rings is 1. The van der Waals surface area contributed by atoms with Gasteiger partial charge in [-0.1, -0.05) is 13.8 Å². The van der Waals surface area contributed by atoms with Crippen molar-refractivity contribution < 1.29 is 14.6 Å². The van der Waals surface area contributed by atoms with Crippen LogP contribution < -0.4 is 20.1 Å². The highest BCUT2D eigenvalue weighted by Crippen LogP contribution is 2.32. The average molecular weight is 464 g/mol. The number of aromatic nitrogens is 5. The SMILES string of the molecule is CNCC(O)COc1cc(OC)cc(-c2cc(Nc3ncccn3)n3ncc(C(C)C)c3n2)c1. The maximum absolute atomic E-state index is 10.0. The lowest BCUT2D eigenvalue weighted by Gasteiger charge is -2.15. The summed E-state index contributed by atoms with van der Waals surface area (Å²) in [5, 5.41) is 20.7. The average Bonchev–Trinajstić information content (AvgIpc) is 3.28. The van der Waals surface area contributed by atoms with Crippen molar-refractivity contribution in [3.8, 4) is 22.8 Å². The molecule has 10 heteroatoms. The second-order valence-corrected chi connectivity index (χ2v) is 8.13. The molecule has 1 atom stereocenters. The Balaban J connectivity index is 1.78. The summed E-state index contributed by atoms with van der Waals surface area (Å²) in [7, 11) is 3.38. The smallest absolute Gasteiger partial charge is 0.228 e. The van der Waals surface area contributed by atoms with Crippen LogP contribution in [-0.4, -0.2) is 63.1 Å². The van der Waals surface area contributed by atoms with Gasteiger partial charge in [0.15, 0.2) is 5.65 Å². The van der Waals surface area contributed by atoms with Crippen LogP contribution in [0, 0.1) is 0 Å².